The number of Topliss-reactive ketones (excluding diaryl/α,β-unsaturated/α-hetero) is 1. The number of hydrogen-bond donors (Lipinski definition) is 5. The van der Waals surface area contributed by atoms with Gasteiger partial charge in [-0.2, -0.15) is 0 Å². The number of carbonyl (C=O) groups excluding carboxylic acids is 3. The molecule has 0 saturated carbocycles. The first kappa shape index (κ1) is 22.8. The minimum absolute atomic E-state index is 0.0946. The second-order valence-corrected chi connectivity index (χ2v) is 6.70. The monoisotopic (exact) mass is 416 g/mol. The second kappa shape index (κ2) is 8.92. The fraction of sp³-hybridized carbons (Fsp3) is 0.688. The number of amides is 1. The molecule has 0 aromatic carbocycles. The average molecular weight is 416 g/mol. The summed E-state index contributed by atoms with van der Waals surface area (Å²) >= 11 is 0. The molecule has 29 heavy (non-hydrogen) atoms. The summed E-state index contributed by atoms with van der Waals surface area (Å²) in [5.74, 6) is -2.05. The zero-order chi connectivity index (χ0) is 21.9. The summed E-state index contributed by atoms with van der Waals surface area (Å²) in [6, 6.07) is -1.24. The van der Waals surface area contributed by atoms with E-state index in [1.807, 2.05) is 0 Å². The Balaban J connectivity index is 2.55. The molecule has 6 atom stereocenters. The highest BCUT2D eigenvalue weighted by atomic mass is 16.6. The third kappa shape index (κ3) is 4.43. The Morgan fingerprint density at radius 1 is 1.41 bits per heavy atom. The van der Waals surface area contributed by atoms with Gasteiger partial charge in [0.2, 0.25) is 5.91 Å². The highest BCUT2D eigenvalue weighted by molar-refractivity contribution is 5.91. The van der Waals surface area contributed by atoms with Crippen LogP contribution >= 0.6 is 0 Å². The maximum atomic E-state index is 12.6. The maximum Gasteiger partial charge on any atom is 0.361 e. The lowest BCUT2D eigenvalue weighted by Gasteiger charge is -2.46. The van der Waals surface area contributed by atoms with Gasteiger partial charge in [0.1, 0.15) is 24.0 Å². The largest absolute Gasteiger partial charge is 0.465 e. The van der Waals surface area contributed by atoms with Crippen LogP contribution in [0.2, 0.25) is 0 Å². The van der Waals surface area contributed by atoms with Crippen molar-refractivity contribution in [2.45, 2.75) is 56.5 Å². The molecule has 13 nitrogen and oxygen atoms in total. The van der Waals surface area contributed by atoms with Crippen LogP contribution in [0.4, 0.5) is 0 Å². The van der Waals surface area contributed by atoms with E-state index in [-0.39, 0.29) is 5.69 Å². The molecule has 0 spiro atoms. The van der Waals surface area contributed by atoms with Gasteiger partial charge < -0.3 is 35.2 Å². The van der Waals surface area contributed by atoms with Crippen molar-refractivity contribution in [3.63, 3.8) is 0 Å². The zero-order valence-electron chi connectivity index (χ0n) is 16.1. The van der Waals surface area contributed by atoms with Crippen molar-refractivity contribution in [3.05, 3.63) is 11.9 Å². The molecule has 2 rings (SSSR count). The Morgan fingerprint density at radius 2 is 2.07 bits per heavy atom. The average Bonchev–Trinajstić information content (AvgIpc) is 3.18. The molecular formula is C16H24N4O9. The highest BCUT2D eigenvalue weighted by Crippen LogP contribution is 2.36. The number of aliphatic hydroxyl groups is 4. The van der Waals surface area contributed by atoms with Crippen LogP contribution in [0.5, 0.6) is 0 Å². The van der Waals surface area contributed by atoms with Gasteiger partial charge >= 0.3 is 5.97 Å². The number of ether oxygens (including phenoxy) is 2. The normalized spacial score (nSPS) is 29.0. The number of ketones is 1. The van der Waals surface area contributed by atoms with Gasteiger partial charge in [-0.15, -0.1) is 5.10 Å². The Labute approximate surface area is 165 Å². The van der Waals surface area contributed by atoms with Crippen LogP contribution in [0.3, 0.4) is 0 Å². The van der Waals surface area contributed by atoms with Crippen molar-refractivity contribution in [2.75, 3.05) is 13.7 Å². The molecule has 1 fully saturated rings. The number of esters is 1. The molecule has 1 aliphatic heterocycles. The zero-order valence-corrected chi connectivity index (χ0v) is 16.1. The van der Waals surface area contributed by atoms with Crippen molar-refractivity contribution in [3.8, 4) is 0 Å². The summed E-state index contributed by atoms with van der Waals surface area (Å²) in [5.41, 5.74) is -2.26. The molecule has 0 aliphatic carbocycles. The number of carbonyl (C=O) groups is 3. The lowest BCUT2D eigenvalue weighted by atomic mass is 9.87. The third-order valence-electron chi connectivity index (χ3n) is 4.60. The maximum absolute atomic E-state index is 12.6. The second-order valence-electron chi connectivity index (χ2n) is 6.70. The quantitative estimate of drug-likeness (QED) is 0.220. The minimum atomic E-state index is -2.16. The number of rotatable bonds is 7. The summed E-state index contributed by atoms with van der Waals surface area (Å²) in [5, 5.41) is 49.9. The molecule has 1 amide bonds. The lowest BCUT2D eigenvalue weighted by Crippen LogP contribution is -2.67. The molecule has 0 unspecified atom stereocenters. The predicted molar refractivity (Wildman–Crippen MR) is 92.2 cm³/mol. The van der Waals surface area contributed by atoms with E-state index in [1.54, 1.807) is 0 Å². The molecule has 5 N–H and O–H groups in total. The van der Waals surface area contributed by atoms with Gasteiger partial charge in [0.05, 0.1) is 32.1 Å². The fourth-order valence-electron chi connectivity index (χ4n) is 3.13. The molecule has 0 radical (unpaired) electrons. The SMILES string of the molecule is COC(=O)[C@@]1(n2cc(C(C)=O)nn2)C[C@H](O)[C@@H](NC(C)=O)[C@H]([C@H](O)[C@H](O)CO)O1. The summed E-state index contributed by atoms with van der Waals surface area (Å²) in [4.78, 5) is 35.7. The minimum Gasteiger partial charge on any atom is -0.465 e. The van der Waals surface area contributed by atoms with Crippen molar-refractivity contribution < 1.29 is 44.3 Å². The van der Waals surface area contributed by atoms with Gasteiger partial charge in [-0.25, -0.2) is 9.48 Å². The number of aliphatic hydroxyl groups excluding tert-OH is 4. The van der Waals surface area contributed by atoms with E-state index in [9.17, 15) is 29.7 Å². The molecular weight excluding hydrogens is 392 g/mol. The van der Waals surface area contributed by atoms with Gasteiger partial charge in [0.15, 0.2) is 5.78 Å². The predicted octanol–water partition coefficient (Wildman–Crippen LogP) is -3.32. The van der Waals surface area contributed by atoms with Crippen molar-refractivity contribution in [1.29, 1.82) is 0 Å². The van der Waals surface area contributed by atoms with E-state index in [2.05, 4.69) is 15.6 Å². The van der Waals surface area contributed by atoms with Crippen LogP contribution < -0.4 is 5.32 Å². The van der Waals surface area contributed by atoms with E-state index < -0.39 is 66.9 Å². The van der Waals surface area contributed by atoms with Gasteiger partial charge in [0, 0.05) is 20.3 Å². The van der Waals surface area contributed by atoms with Crippen molar-refractivity contribution in [1.82, 2.24) is 20.3 Å². The number of methoxy groups -OCH3 is 1. The van der Waals surface area contributed by atoms with E-state index in [1.165, 1.54) is 6.92 Å². The fourth-order valence-corrected chi connectivity index (χ4v) is 3.13. The Kier molecular flexibility index (Phi) is 7.02. The molecule has 1 saturated heterocycles. The number of nitrogens with one attached hydrogen (secondary N) is 1. The summed E-state index contributed by atoms with van der Waals surface area (Å²) in [7, 11) is 1.05. The smallest absolute Gasteiger partial charge is 0.361 e. The van der Waals surface area contributed by atoms with Crippen molar-refractivity contribution in [2.24, 2.45) is 0 Å². The number of hydrogen-bond acceptors (Lipinski definition) is 11. The first-order valence-electron chi connectivity index (χ1n) is 8.69. The van der Waals surface area contributed by atoms with Gasteiger partial charge in [-0.3, -0.25) is 9.59 Å². The van der Waals surface area contributed by atoms with E-state index >= 15 is 0 Å². The van der Waals surface area contributed by atoms with E-state index in [0.29, 0.717) is 0 Å². The van der Waals surface area contributed by atoms with Crippen LogP contribution in [0.25, 0.3) is 0 Å². The molecule has 1 aromatic heterocycles. The van der Waals surface area contributed by atoms with Crippen molar-refractivity contribution >= 4 is 17.7 Å². The van der Waals surface area contributed by atoms with E-state index in [0.717, 1.165) is 24.9 Å². The molecule has 0 bridgehead atoms. The van der Waals surface area contributed by atoms with Gasteiger partial charge in [0.25, 0.3) is 5.72 Å². The Hall–Kier alpha value is -2.45. The van der Waals surface area contributed by atoms with Gasteiger partial charge in [-0.05, 0) is 0 Å². The summed E-state index contributed by atoms with van der Waals surface area (Å²) < 4.78 is 11.4. The van der Waals surface area contributed by atoms with Gasteiger partial charge in [-0.1, -0.05) is 5.21 Å². The Bertz CT molecular complexity index is 769. The van der Waals surface area contributed by atoms with E-state index in [4.69, 9.17) is 14.6 Å². The lowest BCUT2D eigenvalue weighted by molar-refractivity contribution is -0.260. The molecule has 2 heterocycles. The molecule has 162 valence electrons. The van der Waals surface area contributed by atoms with Crippen LogP contribution in [0, 0.1) is 0 Å². The summed E-state index contributed by atoms with van der Waals surface area (Å²) in [6.07, 6.45) is -5.93. The topological polar surface area (TPSA) is 193 Å². The van der Waals surface area contributed by atoms with Crippen LogP contribution in [0.15, 0.2) is 6.20 Å². The molecule has 1 aliphatic rings. The Morgan fingerprint density at radius 3 is 2.55 bits per heavy atom. The molecule has 13 heteroatoms. The number of aromatic nitrogens is 3. The van der Waals surface area contributed by atoms with Crippen LogP contribution in [0.1, 0.15) is 30.8 Å². The summed E-state index contributed by atoms with van der Waals surface area (Å²) in [6.45, 7) is 1.54. The first-order valence-corrected chi connectivity index (χ1v) is 8.69. The first-order chi connectivity index (χ1) is 13.6. The molecule has 1 aromatic rings. The third-order valence-corrected chi connectivity index (χ3v) is 4.60. The highest BCUT2D eigenvalue weighted by Gasteiger charge is 2.57. The van der Waals surface area contributed by atoms with Crippen LogP contribution in [-0.2, 0) is 24.8 Å². The number of nitrogens with zero attached hydrogens (tertiary/aromatic N) is 3. The standard InChI is InChI=1S/C16H24N4O9/c1-7(22)9-5-20(19-18-9)16(15(27)28-3)4-10(24)12(17-8(2)23)14(29-16)13(26)11(25)6-21/h5,10-14,21,24-26H,4,6H2,1-3H3,(H,17,23)/t10-,11+,12+,13+,14+,16+/m0/s1. The van der Waals surface area contributed by atoms with Crippen LogP contribution in [-0.4, -0.2) is 97.3 Å².